The maximum Gasteiger partial charge on any atom is 0.262 e. The third kappa shape index (κ3) is 3.38. The Hall–Kier alpha value is -1.69. The molecule has 0 aliphatic heterocycles. The first-order chi connectivity index (χ1) is 11.4. The van der Waals surface area contributed by atoms with E-state index in [-0.39, 0.29) is 10.8 Å². The van der Waals surface area contributed by atoms with Gasteiger partial charge in [0.05, 0.1) is 4.90 Å². The van der Waals surface area contributed by atoms with Crippen molar-refractivity contribution in [2.45, 2.75) is 23.6 Å². The third-order valence-corrected chi connectivity index (χ3v) is 5.80. The maximum absolute atomic E-state index is 12.7. The van der Waals surface area contributed by atoms with E-state index in [1.165, 1.54) is 6.07 Å². The number of alkyl halides is 2. The summed E-state index contributed by atoms with van der Waals surface area (Å²) in [6.07, 6.45) is 0. The fourth-order valence-electron chi connectivity index (χ4n) is 2.63. The summed E-state index contributed by atoms with van der Waals surface area (Å²) < 4.78 is 28.0. The van der Waals surface area contributed by atoms with Crippen molar-refractivity contribution in [1.29, 1.82) is 0 Å². The molecule has 0 aliphatic rings. The molecule has 0 saturated heterocycles. The standard InChI is InChI=1S/C17H16Cl2N2O2S/c1-11-6-13-8-15(3-4-16(13)20-11)21-24(22,23)17-5-2-12(9-18)7-14(17)10-19/h2-8,20-21H,9-10H2,1H3. The van der Waals surface area contributed by atoms with Gasteiger partial charge in [-0.05, 0) is 48.4 Å². The number of anilines is 1. The Labute approximate surface area is 150 Å². The van der Waals surface area contributed by atoms with Crippen molar-refractivity contribution in [3.05, 3.63) is 59.3 Å². The fourth-order valence-corrected chi connectivity index (χ4v) is 4.37. The van der Waals surface area contributed by atoms with Crippen molar-refractivity contribution in [1.82, 2.24) is 4.98 Å². The number of aromatic nitrogens is 1. The molecule has 0 fully saturated rings. The molecule has 0 saturated carbocycles. The molecule has 0 amide bonds. The molecule has 0 spiro atoms. The van der Waals surface area contributed by atoms with Crippen molar-refractivity contribution >= 4 is 49.8 Å². The molecular formula is C17H16Cl2N2O2S. The van der Waals surface area contributed by atoms with Crippen LogP contribution < -0.4 is 4.72 Å². The smallest absolute Gasteiger partial charge is 0.262 e. The van der Waals surface area contributed by atoms with Crippen LogP contribution >= 0.6 is 23.2 Å². The maximum atomic E-state index is 12.7. The molecule has 0 unspecified atom stereocenters. The van der Waals surface area contributed by atoms with Crippen molar-refractivity contribution in [2.24, 2.45) is 0 Å². The van der Waals surface area contributed by atoms with E-state index in [9.17, 15) is 8.42 Å². The third-order valence-electron chi connectivity index (χ3n) is 3.72. The summed E-state index contributed by atoms with van der Waals surface area (Å²) in [5.41, 5.74) is 3.84. The minimum Gasteiger partial charge on any atom is -0.359 e. The van der Waals surface area contributed by atoms with Crippen LogP contribution in [0, 0.1) is 6.92 Å². The molecule has 2 N–H and O–H groups in total. The molecule has 0 bridgehead atoms. The summed E-state index contributed by atoms with van der Waals surface area (Å²) in [6, 6.07) is 12.3. The molecule has 0 radical (unpaired) electrons. The second-order valence-electron chi connectivity index (χ2n) is 5.57. The molecule has 0 aliphatic carbocycles. The lowest BCUT2D eigenvalue weighted by molar-refractivity contribution is 0.600. The van der Waals surface area contributed by atoms with Crippen molar-refractivity contribution in [2.75, 3.05) is 4.72 Å². The number of sulfonamides is 1. The lowest BCUT2D eigenvalue weighted by Crippen LogP contribution is -2.15. The van der Waals surface area contributed by atoms with E-state index in [1.807, 2.05) is 19.1 Å². The van der Waals surface area contributed by atoms with Crippen molar-refractivity contribution in [3.63, 3.8) is 0 Å². The van der Waals surface area contributed by atoms with Crippen LogP contribution in [0.3, 0.4) is 0 Å². The van der Waals surface area contributed by atoms with Gasteiger partial charge in [0.25, 0.3) is 10.0 Å². The fraction of sp³-hybridized carbons (Fsp3) is 0.176. The zero-order valence-corrected chi connectivity index (χ0v) is 15.3. The Balaban J connectivity index is 1.97. The number of rotatable bonds is 5. The minimum absolute atomic E-state index is 0.0943. The van der Waals surface area contributed by atoms with Crippen LogP contribution in [-0.4, -0.2) is 13.4 Å². The predicted octanol–water partition coefficient (Wildman–Crippen LogP) is 4.75. The van der Waals surface area contributed by atoms with E-state index in [1.54, 1.807) is 24.3 Å². The summed E-state index contributed by atoms with van der Waals surface area (Å²) in [4.78, 5) is 3.37. The van der Waals surface area contributed by atoms with Gasteiger partial charge in [-0.2, -0.15) is 0 Å². The van der Waals surface area contributed by atoms with Crippen molar-refractivity contribution < 1.29 is 8.42 Å². The largest absolute Gasteiger partial charge is 0.359 e. The number of H-pyrrole nitrogens is 1. The first-order valence-corrected chi connectivity index (χ1v) is 9.84. The molecule has 24 heavy (non-hydrogen) atoms. The normalized spacial score (nSPS) is 11.8. The second-order valence-corrected chi connectivity index (χ2v) is 7.75. The molecule has 1 heterocycles. The molecule has 4 nitrogen and oxygen atoms in total. The number of benzene rings is 2. The summed E-state index contributed by atoms with van der Waals surface area (Å²) in [5.74, 6) is 0.401. The van der Waals surface area contributed by atoms with E-state index in [0.717, 1.165) is 22.2 Å². The van der Waals surface area contributed by atoms with Crippen LogP contribution in [0.5, 0.6) is 0 Å². The molecular weight excluding hydrogens is 367 g/mol. The van der Waals surface area contributed by atoms with Gasteiger partial charge in [0.15, 0.2) is 0 Å². The van der Waals surface area contributed by atoms with Gasteiger partial charge in [0.1, 0.15) is 0 Å². The lowest BCUT2D eigenvalue weighted by Gasteiger charge is -2.12. The van der Waals surface area contributed by atoms with Crippen LogP contribution in [0.2, 0.25) is 0 Å². The number of aromatic amines is 1. The minimum atomic E-state index is -3.73. The highest BCUT2D eigenvalue weighted by Crippen LogP contribution is 2.25. The Bertz CT molecular complexity index is 997. The highest BCUT2D eigenvalue weighted by molar-refractivity contribution is 7.92. The highest BCUT2D eigenvalue weighted by Gasteiger charge is 2.19. The molecule has 0 atom stereocenters. The van der Waals surface area contributed by atoms with E-state index in [4.69, 9.17) is 23.2 Å². The number of hydrogen-bond donors (Lipinski definition) is 2. The van der Waals surface area contributed by atoms with Gasteiger partial charge in [0, 0.05) is 34.0 Å². The van der Waals surface area contributed by atoms with Crippen LogP contribution in [-0.2, 0) is 21.8 Å². The monoisotopic (exact) mass is 382 g/mol. The van der Waals surface area contributed by atoms with E-state index in [2.05, 4.69) is 9.71 Å². The zero-order chi connectivity index (χ0) is 17.3. The number of aryl methyl sites for hydroxylation is 1. The average Bonchev–Trinajstić information content (AvgIpc) is 2.93. The zero-order valence-electron chi connectivity index (χ0n) is 12.9. The molecule has 3 rings (SSSR count). The van der Waals surface area contributed by atoms with Crippen LogP contribution in [0.4, 0.5) is 5.69 Å². The average molecular weight is 383 g/mol. The molecule has 7 heteroatoms. The number of hydrogen-bond acceptors (Lipinski definition) is 2. The highest BCUT2D eigenvalue weighted by atomic mass is 35.5. The van der Waals surface area contributed by atoms with Gasteiger partial charge in [-0.15, -0.1) is 23.2 Å². The van der Waals surface area contributed by atoms with Gasteiger partial charge in [-0.25, -0.2) is 8.42 Å². The number of halogens is 2. The summed E-state index contributed by atoms with van der Waals surface area (Å²) in [6.45, 7) is 1.95. The van der Waals surface area contributed by atoms with Gasteiger partial charge < -0.3 is 4.98 Å². The second kappa shape index (κ2) is 6.67. The first kappa shape index (κ1) is 17.1. The van der Waals surface area contributed by atoms with E-state index in [0.29, 0.717) is 17.1 Å². The SMILES string of the molecule is Cc1cc2cc(NS(=O)(=O)c3ccc(CCl)cc3CCl)ccc2[nH]1. The van der Waals surface area contributed by atoms with Gasteiger partial charge in [-0.1, -0.05) is 12.1 Å². The number of fused-ring (bicyclic) bond motifs is 1. The van der Waals surface area contributed by atoms with Crippen LogP contribution in [0.15, 0.2) is 47.4 Å². The topological polar surface area (TPSA) is 62.0 Å². The van der Waals surface area contributed by atoms with E-state index < -0.39 is 10.0 Å². The molecule has 126 valence electrons. The van der Waals surface area contributed by atoms with E-state index >= 15 is 0 Å². The molecule has 3 aromatic rings. The van der Waals surface area contributed by atoms with Crippen molar-refractivity contribution in [3.8, 4) is 0 Å². The quantitative estimate of drug-likeness (QED) is 0.625. The summed E-state index contributed by atoms with van der Waals surface area (Å²) in [7, 11) is -3.73. The van der Waals surface area contributed by atoms with Crippen LogP contribution in [0.1, 0.15) is 16.8 Å². The predicted molar refractivity (Wildman–Crippen MR) is 99.4 cm³/mol. The van der Waals surface area contributed by atoms with Gasteiger partial charge in [-0.3, -0.25) is 4.72 Å². The Morgan fingerprint density at radius 1 is 1.04 bits per heavy atom. The lowest BCUT2D eigenvalue weighted by atomic mass is 10.2. The Kier molecular flexibility index (Phi) is 4.76. The molecule has 2 aromatic carbocycles. The Morgan fingerprint density at radius 3 is 2.54 bits per heavy atom. The van der Waals surface area contributed by atoms with Gasteiger partial charge in [0.2, 0.25) is 0 Å². The first-order valence-electron chi connectivity index (χ1n) is 7.29. The molecule has 1 aromatic heterocycles. The summed E-state index contributed by atoms with van der Waals surface area (Å²) in [5, 5.41) is 0.947. The van der Waals surface area contributed by atoms with Gasteiger partial charge >= 0.3 is 0 Å². The van der Waals surface area contributed by atoms with Crippen LogP contribution in [0.25, 0.3) is 10.9 Å². The number of nitrogens with one attached hydrogen (secondary N) is 2. The summed E-state index contributed by atoms with van der Waals surface area (Å²) >= 11 is 11.7. The Morgan fingerprint density at radius 2 is 1.83 bits per heavy atom.